The Balaban J connectivity index is 1.39. The van der Waals surface area contributed by atoms with Gasteiger partial charge in [-0.2, -0.15) is 0 Å². The molecule has 0 fully saturated rings. The Morgan fingerprint density at radius 3 is 2.49 bits per heavy atom. The standard InChI is InChI=1S/C28H31N3O4/c1-34-17-24-7-6-22(13-25(24)18-35-2)27(32)30-15-19-4-3-5-21(12-19)28(33)31-26-9-8-23-16-29-11-10-20(23)14-26/h3-9,12-14,29H,10-11,15-18H2,1-2H3,(H,30,32)(H,31,33). The molecule has 1 heterocycles. The number of nitrogens with one attached hydrogen (secondary N) is 3. The Hall–Kier alpha value is -3.52. The molecule has 0 bridgehead atoms. The molecule has 35 heavy (non-hydrogen) atoms. The average molecular weight is 474 g/mol. The zero-order chi connectivity index (χ0) is 24.6. The number of carbonyl (C=O) groups excluding carboxylic acids is 2. The first-order chi connectivity index (χ1) is 17.1. The second-order valence-electron chi connectivity index (χ2n) is 8.60. The molecule has 4 rings (SSSR count). The number of hydrogen-bond acceptors (Lipinski definition) is 5. The Morgan fingerprint density at radius 1 is 0.857 bits per heavy atom. The van der Waals surface area contributed by atoms with E-state index in [-0.39, 0.29) is 11.8 Å². The lowest BCUT2D eigenvalue weighted by Crippen LogP contribution is -2.24. The molecule has 2 amide bonds. The summed E-state index contributed by atoms with van der Waals surface area (Å²) in [4.78, 5) is 25.6. The Kier molecular flexibility index (Phi) is 8.26. The molecule has 1 aliphatic heterocycles. The lowest BCUT2D eigenvalue weighted by atomic mass is 10.0. The van der Waals surface area contributed by atoms with Crippen molar-refractivity contribution in [2.75, 3.05) is 26.1 Å². The quantitative estimate of drug-likeness (QED) is 0.440. The van der Waals surface area contributed by atoms with Crippen LogP contribution in [-0.2, 0) is 42.2 Å². The number of hydrogen-bond donors (Lipinski definition) is 3. The molecular weight excluding hydrogens is 442 g/mol. The summed E-state index contributed by atoms with van der Waals surface area (Å²) in [6.07, 6.45) is 0.955. The Morgan fingerprint density at radius 2 is 1.66 bits per heavy atom. The molecule has 182 valence electrons. The highest BCUT2D eigenvalue weighted by atomic mass is 16.5. The summed E-state index contributed by atoms with van der Waals surface area (Å²) in [6, 6.07) is 18.8. The molecule has 0 aliphatic carbocycles. The molecule has 3 aromatic rings. The van der Waals surface area contributed by atoms with Gasteiger partial charge in [-0.25, -0.2) is 0 Å². The van der Waals surface area contributed by atoms with Crippen LogP contribution < -0.4 is 16.0 Å². The zero-order valence-corrected chi connectivity index (χ0v) is 20.1. The van der Waals surface area contributed by atoms with Crippen LogP contribution in [0.15, 0.2) is 60.7 Å². The first-order valence-corrected chi connectivity index (χ1v) is 11.7. The van der Waals surface area contributed by atoms with Gasteiger partial charge in [-0.3, -0.25) is 9.59 Å². The molecule has 3 aromatic carbocycles. The van der Waals surface area contributed by atoms with Crippen molar-refractivity contribution in [3.05, 3.63) is 99.6 Å². The third kappa shape index (κ3) is 6.33. The van der Waals surface area contributed by atoms with E-state index in [2.05, 4.69) is 22.0 Å². The Labute approximate surface area is 205 Å². The molecule has 0 saturated carbocycles. The van der Waals surface area contributed by atoms with Crippen molar-refractivity contribution in [2.24, 2.45) is 0 Å². The fraction of sp³-hybridized carbons (Fsp3) is 0.286. The van der Waals surface area contributed by atoms with Crippen molar-refractivity contribution in [3.8, 4) is 0 Å². The smallest absolute Gasteiger partial charge is 0.255 e. The summed E-state index contributed by atoms with van der Waals surface area (Å²) in [6.45, 7) is 2.98. The summed E-state index contributed by atoms with van der Waals surface area (Å²) in [5.74, 6) is -0.366. The second kappa shape index (κ2) is 11.8. The molecular formula is C28H31N3O4. The molecule has 0 unspecified atom stereocenters. The van der Waals surface area contributed by atoms with E-state index in [0.717, 1.165) is 41.9 Å². The van der Waals surface area contributed by atoms with Gasteiger partial charge in [-0.1, -0.05) is 24.3 Å². The largest absolute Gasteiger partial charge is 0.380 e. The minimum absolute atomic E-state index is 0.176. The zero-order valence-electron chi connectivity index (χ0n) is 20.1. The maximum atomic E-state index is 12.8. The SMILES string of the molecule is COCc1ccc(C(=O)NCc2cccc(C(=O)Nc3ccc4c(c3)CCNC4)c2)cc1COC. The van der Waals surface area contributed by atoms with Crippen molar-refractivity contribution >= 4 is 17.5 Å². The highest BCUT2D eigenvalue weighted by molar-refractivity contribution is 6.04. The first-order valence-electron chi connectivity index (χ1n) is 11.7. The molecule has 7 nitrogen and oxygen atoms in total. The first kappa shape index (κ1) is 24.6. The summed E-state index contributed by atoms with van der Waals surface area (Å²) in [7, 11) is 3.26. The predicted molar refractivity (Wildman–Crippen MR) is 135 cm³/mol. The maximum Gasteiger partial charge on any atom is 0.255 e. The number of amides is 2. The van der Waals surface area contributed by atoms with E-state index in [4.69, 9.17) is 9.47 Å². The Bertz CT molecular complexity index is 1210. The third-order valence-corrected chi connectivity index (χ3v) is 6.06. The molecule has 0 atom stereocenters. The minimum atomic E-state index is -0.190. The maximum absolute atomic E-state index is 12.8. The van der Waals surface area contributed by atoms with Gasteiger partial charge in [-0.15, -0.1) is 0 Å². The second-order valence-corrected chi connectivity index (χ2v) is 8.60. The van der Waals surface area contributed by atoms with Gasteiger partial charge in [0.25, 0.3) is 11.8 Å². The summed E-state index contributed by atoms with van der Waals surface area (Å²) in [5.41, 5.74) is 7.17. The van der Waals surface area contributed by atoms with Crippen LogP contribution in [-0.4, -0.2) is 32.6 Å². The topological polar surface area (TPSA) is 88.7 Å². The van der Waals surface area contributed by atoms with Crippen LogP contribution in [0.3, 0.4) is 0 Å². The monoisotopic (exact) mass is 473 g/mol. The van der Waals surface area contributed by atoms with Gasteiger partial charge in [0.15, 0.2) is 0 Å². The summed E-state index contributed by atoms with van der Waals surface area (Å²) >= 11 is 0. The van der Waals surface area contributed by atoms with Crippen molar-refractivity contribution in [1.82, 2.24) is 10.6 Å². The third-order valence-electron chi connectivity index (χ3n) is 6.06. The molecule has 1 aliphatic rings. The van der Waals surface area contributed by atoms with Crippen molar-refractivity contribution in [2.45, 2.75) is 32.7 Å². The van der Waals surface area contributed by atoms with E-state index >= 15 is 0 Å². The number of rotatable bonds is 9. The van der Waals surface area contributed by atoms with Crippen LogP contribution >= 0.6 is 0 Å². The minimum Gasteiger partial charge on any atom is -0.380 e. The molecule has 0 saturated heterocycles. The molecule has 0 spiro atoms. The number of ether oxygens (including phenoxy) is 2. The van der Waals surface area contributed by atoms with Crippen LogP contribution in [0.1, 0.15) is 48.5 Å². The number of anilines is 1. The van der Waals surface area contributed by atoms with Crippen LogP contribution in [0.5, 0.6) is 0 Å². The summed E-state index contributed by atoms with van der Waals surface area (Å²) in [5, 5.41) is 9.28. The number of fused-ring (bicyclic) bond motifs is 1. The van der Waals surface area contributed by atoms with Gasteiger partial charge in [0, 0.05) is 44.1 Å². The van der Waals surface area contributed by atoms with E-state index in [1.165, 1.54) is 11.1 Å². The van der Waals surface area contributed by atoms with Gasteiger partial charge >= 0.3 is 0 Å². The van der Waals surface area contributed by atoms with E-state index < -0.39 is 0 Å². The fourth-order valence-corrected chi connectivity index (χ4v) is 4.22. The van der Waals surface area contributed by atoms with Crippen LogP contribution in [0, 0.1) is 0 Å². The van der Waals surface area contributed by atoms with Crippen LogP contribution in [0.2, 0.25) is 0 Å². The van der Waals surface area contributed by atoms with E-state index in [1.54, 1.807) is 32.4 Å². The highest BCUT2D eigenvalue weighted by Crippen LogP contribution is 2.20. The summed E-state index contributed by atoms with van der Waals surface area (Å²) < 4.78 is 10.5. The van der Waals surface area contributed by atoms with Crippen molar-refractivity contribution in [3.63, 3.8) is 0 Å². The van der Waals surface area contributed by atoms with E-state index in [9.17, 15) is 9.59 Å². The molecule has 0 radical (unpaired) electrons. The van der Waals surface area contributed by atoms with Gasteiger partial charge in [0.1, 0.15) is 0 Å². The van der Waals surface area contributed by atoms with Crippen LogP contribution in [0.4, 0.5) is 5.69 Å². The number of carbonyl (C=O) groups is 2. The fourth-order valence-electron chi connectivity index (χ4n) is 4.22. The van der Waals surface area contributed by atoms with Crippen molar-refractivity contribution < 1.29 is 19.1 Å². The number of benzene rings is 3. The van der Waals surface area contributed by atoms with Crippen LogP contribution in [0.25, 0.3) is 0 Å². The molecule has 7 heteroatoms. The molecule has 0 aromatic heterocycles. The van der Waals surface area contributed by atoms with Gasteiger partial charge in [0.2, 0.25) is 0 Å². The predicted octanol–water partition coefficient (Wildman–Crippen LogP) is 3.81. The van der Waals surface area contributed by atoms with E-state index in [1.807, 2.05) is 36.4 Å². The average Bonchev–Trinajstić information content (AvgIpc) is 2.88. The molecule has 3 N–H and O–H groups in total. The van der Waals surface area contributed by atoms with Gasteiger partial charge in [0.05, 0.1) is 13.2 Å². The highest BCUT2D eigenvalue weighted by Gasteiger charge is 2.13. The van der Waals surface area contributed by atoms with Gasteiger partial charge < -0.3 is 25.4 Å². The number of methoxy groups -OCH3 is 2. The lowest BCUT2D eigenvalue weighted by molar-refractivity contribution is 0.0950. The normalized spacial score (nSPS) is 12.6. The van der Waals surface area contributed by atoms with Gasteiger partial charge in [-0.05, 0) is 77.2 Å². The lowest BCUT2D eigenvalue weighted by Gasteiger charge is -2.18. The van der Waals surface area contributed by atoms with Crippen molar-refractivity contribution in [1.29, 1.82) is 0 Å². The van der Waals surface area contributed by atoms with E-state index in [0.29, 0.717) is 30.9 Å².